The molecule has 0 aromatic carbocycles. The minimum absolute atomic E-state index is 0.230. The van der Waals surface area contributed by atoms with Gasteiger partial charge in [-0.25, -0.2) is 4.98 Å². The molecule has 0 saturated carbocycles. The lowest BCUT2D eigenvalue weighted by Crippen LogP contribution is -2.16. The van der Waals surface area contributed by atoms with E-state index in [4.69, 9.17) is 10.5 Å². The van der Waals surface area contributed by atoms with Gasteiger partial charge < -0.3 is 15.6 Å². The summed E-state index contributed by atoms with van der Waals surface area (Å²) >= 11 is 1.44. The summed E-state index contributed by atoms with van der Waals surface area (Å²) < 4.78 is 5.03. The van der Waals surface area contributed by atoms with Gasteiger partial charge in [-0.2, -0.15) is 0 Å². The Bertz CT molecular complexity index is 278. The van der Waals surface area contributed by atoms with Crippen LogP contribution in [0.1, 0.15) is 23.7 Å². The van der Waals surface area contributed by atoms with E-state index >= 15 is 0 Å². The second kappa shape index (κ2) is 5.41. The average Bonchev–Trinajstić information content (AvgIpc) is 2.64. The number of nitrogens with two attached hydrogens (primary N) is 1. The van der Waals surface area contributed by atoms with Crippen molar-refractivity contribution < 1.29 is 9.84 Å². The maximum Gasteiger partial charge on any atom is 0.131 e. The molecule has 4 nitrogen and oxygen atoms in total. The Hall–Kier alpha value is -0.490. The zero-order valence-corrected chi connectivity index (χ0v) is 9.25. The molecule has 0 aliphatic carbocycles. The minimum Gasteiger partial charge on any atom is -0.383 e. The number of methoxy groups -OCH3 is 1. The summed E-state index contributed by atoms with van der Waals surface area (Å²) in [6.07, 6.45) is -0.117. The molecule has 3 N–H and O–H groups in total. The van der Waals surface area contributed by atoms with Crippen molar-refractivity contribution >= 4 is 11.3 Å². The molecule has 1 heterocycles. The molecular formula is C9H16N2O2S. The molecule has 0 spiro atoms. The first-order valence-electron chi connectivity index (χ1n) is 4.54. The van der Waals surface area contributed by atoms with Crippen molar-refractivity contribution in [2.45, 2.75) is 25.6 Å². The fraction of sp³-hybridized carbons (Fsp3) is 0.667. The predicted octanol–water partition coefficient (Wildman–Crippen LogP) is 0.713. The summed E-state index contributed by atoms with van der Waals surface area (Å²) in [7, 11) is 1.57. The molecule has 1 rings (SSSR count). The molecule has 80 valence electrons. The van der Waals surface area contributed by atoms with Crippen LogP contribution >= 0.6 is 11.3 Å². The SMILES string of the molecule is COC(C)C(O)c1nc(CCN)cs1. The topological polar surface area (TPSA) is 68.4 Å². The van der Waals surface area contributed by atoms with Crippen LogP contribution in [0.4, 0.5) is 0 Å². The van der Waals surface area contributed by atoms with Crippen molar-refractivity contribution in [3.05, 3.63) is 16.1 Å². The van der Waals surface area contributed by atoms with E-state index in [1.54, 1.807) is 7.11 Å². The number of nitrogens with zero attached hydrogens (tertiary/aromatic N) is 1. The van der Waals surface area contributed by atoms with Gasteiger partial charge in [0.1, 0.15) is 11.1 Å². The Morgan fingerprint density at radius 2 is 2.43 bits per heavy atom. The smallest absolute Gasteiger partial charge is 0.131 e. The van der Waals surface area contributed by atoms with Crippen LogP contribution in [-0.2, 0) is 11.2 Å². The number of hydrogen-bond acceptors (Lipinski definition) is 5. The summed E-state index contributed by atoms with van der Waals surface area (Å²) in [5.74, 6) is 0. The Kier molecular flexibility index (Phi) is 4.47. The first-order chi connectivity index (χ1) is 6.69. The predicted molar refractivity (Wildman–Crippen MR) is 56.3 cm³/mol. The minimum atomic E-state index is -0.642. The average molecular weight is 216 g/mol. The van der Waals surface area contributed by atoms with Crippen LogP contribution in [0.2, 0.25) is 0 Å². The third-order valence-electron chi connectivity index (χ3n) is 2.04. The van der Waals surface area contributed by atoms with Crippen molar-refractivity contribution in [1.82, 2.24) is 4.98 Å². The quantitative estimate of drug-likeness (QED) is 0.760. The van der Waals surface area contributed by atoms with E-state index in [1.165, 1.54) is 11.3 Å². The maximum atomic E-state index is 9.76. The second-order valence-electron chi connectivity index (χ2n) is 3.10. The van der Waals surface area contributed by atoms with E-state index in [1.807, 2.05) is 12.3 Å². The number of aromatic nitrogens is 1. The molecule has 0 bridgehead atoms. The highest BCUT2D eigenvalue weighted by Crippen LogP contribution is 2.22. The highest BCUT2D eigenvalue weighted by molar-refractivity contribution is 7.09. The van der Waals surface area contributed by atoms with Crippen LogP contribution in [0.3, 0.4) is 0 Å². The first-order valence-corrected chi connectivity index (χ1v) is 5.42. The first kappa shape index (κ1) is 11.6. The molecule has 14 heavy (non-hydrogen) atoms. The lowest BCUT2D eigenvalue weighted by Gasteiger charge is -2.14. The number of ether oxygens (including phenoxy) is 1. The molecular weight excluding hydrogens is 200 g/mol. The zero-order chi connectivity index (χ0) is 10.6. The van der Waals surface area contributed by atoms with Crippen LogP contribution in [0.25, 0.3) is 0 Å². The van der Waals surface area contributed by atoms with Gasteiger partial charge >= 0.3 is 0 Å². The Morgan fingerprint density at radius 1 is 1.71 bits per heavy atom. The maximum absolute atomic E-state index is 9.76. The Morgan fingerprint density at radius 3 is 3.00 bits per heavy atom. The monoisotopic (exact) mass is 216 g/mol. The van der Waals surface area contributed by atoms with Crippen molar-refractivity contribution in [3.63, 3.8) is 0 Å². The van der Waals surface area contributed by atoms with Gasteiger partial charge in [0.2, 0.25) is 0 Å². The lowest BCUT2D eigenvalue weighted by molar-refractivity contribution is -0.00158. The largest absolute Gasteiger partial charge is 0.383 e. The number of aliphatic hydroxyl groups excluding tert-OH is 1. The number of thiazole rings is 1. The number of rotatable bonds is 5. The Balaban J connectivity index is 2.65. The van der Waals surface area contributed by atoms with Crippen molar-refractivity contribution in [2.24, 2.45) is 5.73 Å². The molecule has 2 unspecified atom stereocenters. The highest BCUT2D eigenvalue weighted by Gasteiger charge is 2.18. The van der Waals surface area contributed by atoms with Gasteiger partial charge in [-0.15, -0.1) is 11.3 Å². The van der Waals surface area contributed by atoms with Gasteiger partial charge in [0.05, 0.1) is 11.8 Å². The molecule has 2 atom stereocenters. The fourth-order valence-corrected chi connectivity index (χ4v) is 1.98. The van der Waals surface area contributed by atoms with Crippen LogP contribution in [0.15, 0.2) is 5.38 Å². The van der Waals surface area contributed by atoms with E-state index in [0.717, 1.165) is 12.1 Å². The van der Waals surface area contributed by atoms with Crippen LogP contribution < -0.4 is 5.73 Å². The lowest BCUT2D eigenvalue weighted by atomic mass is 10.2. The van der Waals surface area contributed by atoms with Gasteiger partial charge in [-0.05, 0) is 13.5 Å². The molecule has 0 aliphatic rings. The van der Waals surface area contributed by atoms with E-state index in [2.05, 4.69) is 4.98 Å². The molecule has 0 aliphatic heterocycles. The standard InChI is InChI=1S/C9H16N2O2S/c1-6(13-2)8(12)9-11-7(3-4-10)5-14-9/h5-6,8,12H,3-4,10H2,1-2H3. The normalized spacial score (nSPS) is 15.4. The van der Waals surface area contributed by atoms with Crippen LogP contribution in [0.5, 0.6) is 0 Å². The van der Waals surface area contributed by atoms with Gasteiger partial charge in [0.25, 0.3) is 0 Å². The summed E-state index contributed by atoms with van der Waals surface area (Å²) in [6.45, 7) is 2.40. The summed E-state index contributed by atoms with van der Waals surface area (Å²) in [5.41, 5.74) is 6.35. The Labute approximate surface area is 87.7 Å². The van der Waals surface area contributed by atoms with Crippen LogP contribution in [-0.4, -0.2) is 29.8 Å². The molecule has 5 heteroatoms. The zero-order valence-electron chi connectivity index (χ0n) is 8.43. The van der Waals surface area contributed by atoms with Crippen LogP contribution in [0, 0.1) is 0 Å². The molecule has 0 saturated heterocycles. The van der Waals surface area contributed by atoms with E-state index in [0.29, 0.717) is 11.6 Å². The third kappa shape index (κ3) is 2.75. The third-order valence-corrected chi connectivity index (χ3v) is 3.00. The van der Waals surface area contributed by atoms with Gasteiger partial charge in [-0.3, -0.25) is 0 Å². The van der Waals surface area contributed by atoms with E-state index in [-0.39, 0.29) is 6.10 Å². The molecule has 0 radical (unpaired) electrons. The van der Waals surface area contributed by atoms with E-state index < -0.39 is 6.10 Å². The summed E-state index contributed by atoms with van der Waals surface area (Å²) in [5, 5.41) is 12.4. The number of hydrogen-bond donors (Lipinski definition) is 2. The summed E-state index contributed by atoms with van der Waals surface area (Å²) in [4.78, 5) is 4.28. The summed E-state index contributed by atoms with van der Waals surface area (Å²) in [6, 6.07) is 0. The second-order valence-corrected chi connectivity index (χ2v) is 3.99. The molecule has 0 amide bonds. The van der Waals surface area contributed by atoms with Crippen molar-refractivity contribution in [2.75, 3.05) is 13.7 Å². The molecule has 1 aromatic rings. The van der Waals surface area contributed by atoms with Gasteiger partial charge in [0.15, 0.2) is 0 Å². The molecule has 0 fully saturated rings. The highest BCUT2D eigenvalue weighted by atomic mass is 32.1. The number of aliphatic hydroxyl groups is 1. The van der Waals surface area contributed by atoms with E-state index in [9.17, 15) is 5.11 Å². The van der Waals surface area contributed by atoms with Crippen molar-refractivity contribution in [1.29, 1.82) is 0 Å². The fourth-order valence-electron chi connectivity index (χ4n) is 1.05. The van der Waals surface area contributed by atoms with Gasteiger partial charge in [0, 0.05) is 18.9 Å². The van der Waals surface area contributed by atoms with Crippen molar-refractivity contribution in [3.8, 4) is 0 Å². The molecule has 1 aromatic heterocycles. The van der Waals surface area contributed by atoms with Gasteiger partial charge in [-0.1, -0.05) is 0 Å².